The van der Waals surface area contributed by atoms with Crippen molar-refractivity contribution in [2.24, 2.45) is 5.92 Å². The number of amides is 1. The average molecular weight is 352 g/mol. The monoisotopic (exact) mass is 352 g/mol. The smallest absolute Gasteiger partial charge is 0.337 e. The summed E-state index contributed by atoms with van der Waals surface area (Å²) < 4.78 is 4.69. The third-order valence-electron chi connectivity index (χ3n) is 4.72. The van der Waals surface area contributed by atoms with Crippen molar-refractivity contribution in [3.63, 3.8) is 0 Å². The van der Waals surface area contributed by atoms with Crippen molar-refractivity contribution in [1.29, 1.82) is 0 Å². The summed E-state index contributed by atoms with van der Waals surface area (Å²) in [5, 5.41) is 6.28. The van der Waals surface area contributed by atoms with Crippen LogP contribution in [0.5, 0.6) is 0 Å². The van der Waals surface area contributed by atoms with E-state index in [1.807, 2.05) is 36.4 Å². The van der Waals surface area contributed by atoms with Gasteiger partial charge in [0.2, 0.25) is 5.91 Å². The van der Waals surface area contributed by atoms with E-state index < -0.39 is 0 Å². The predicted molar refractivity (Wildman–Crippen MR) is 103 cm³/mol. The van der Waals surface area contributed by atoms with Gasteiger partial charge in [-0.05, 0) is 61.4 Å². The molecule has 1 fully saturated rings. The van der Waals surface area contributed by atoms with Gasteiger partial charge in [-0.25, -0.2) is 4.79 Å². The number of carbonyl (C=O) groups is 2. The zero-order valence-electron chi connectivity index (χ0n) is 15.0. The highest BCUT2D eigenvalue weighted by atomic mass is 16.5. The summed E-state index contributed by atoms with van der Waals surface area (Å²) in [5.41, 5.74) is 3.11. The van der Waals surface area contributed by atoms with Crippen molar-refractivity contribution >= 4 is 28.9 Å². The first-order chi connectivity index (χ1) is 12.7. The molecule has 5 nitrogen and oxygen atoms in total. The fraction of sp³-hybridized carbons (Fsp3) is 0.333. The Morgan fingerprint density at radius 3 is 1.96 bits per heavy atom. The lowest BCUT2D eigenvalue weighted by molar-refractivity contribution is -0.120. The third kappa shape index (κ3) is 4.63. The van der Waals surface area contributed by atoms with Crippen molar-refractivity contribution < 1.29 is 14.3 Å². The van der Waals surface area contributed by atoms with Gasteiger partial charge in [-0.15, -0.1) is 0 Å². The maximum atomic E-state index is 12.3. The summed E-state index contributed by atoms with van der Waals surface area (Å²) in [5.74, 6) is -0.0757. The molecular weight excluding hydrogens is 328 g/mol. The van der Waals surface area contributed by atoms with Gasteiger partial charge in [0.05, 0.1) is 12.7 Å². The number of anilines is 3. The molecular formula is C21H24N2O3. The van der Waals surface area contributed by atoms with Crippen molar-refractivity contribution in [1.82, 2.24) is 0 Å². The Bertz CT molecular complexity index is 748. The molecule has 2 aromatic carbocycles. The van der Waals surface area contributed by atoms with Crippen LogP contribution >= 0.6 is 0 Å². The molecule has 3 rings (SSSR count). The van der Waals surface area contributed by atoms with Crippen LogP contribution in [0.2, 0.25) is 0 Å². The molecule has 0 saturated heterocycles. The second-order valence-corrected chi connectivity index (χ2v) is 6.60. The van der Waals surface area contributed by atoms with Crippen LogP contribution in [-0.4, -0.2) is 19.0 Å². The molecule has 5 heteroatoms. The number of methoxy groups -OCH3 is 1. The number of hydrogen-bond donors (Lipinski definition) is 2. The lowest BCUT2D eigenvalue weighted by Gasteiger charge is -2.20. The Labute approximate surface area is 153 Å². The molecule has 136 valence electrons. The molecule has 0 atom stereocenters. The Hall–Kier alpha value is -2.82. The van der Waals surface area contributed by atoms with Gasteiger partial charge in [0, 0.05) is 23.0 Å². The van der Waals surface area contributed by atoms with Crippen LogP contribution in [0.25, 0.3) is 0 Å². The van der Waals surface area contributed by atoms with Gasteiger partial charge in [0.1, 0.15) is 0 Å². The molecule has 26 heavy (non-hydrogen) atoms. The SMILES string of the molecule is COC(=O)c1ccc(Nc2ccc(NC(=O)C3CCCCC3)cc2)cc1. The molecule has 0 aromatic heterocycles. The van der Waals surface area contributed by atoms with E-state index in [0.717, 1.165) is 42.7 Å². The van der Waals surface area contributed by atoms with Crippen LogP contribution in [0.3, 0.4) is 0 Å². The molecule has 1 saturated carbocycles. The van der Waals surface area contributed by atoms with Crippen LogP contribution in [0, 0.1) is 5.92 Å². The molecule has 1 amide bonds. The highest BCUT2D eigenvalue weighted by Crippen LogP contribution is 2.25. The summed E-state index contributed by atoms with van der Waals surface area (Å²) in [4.78, 5) is 23.7. The lowest BCUT2D eigenvalue weighted by atomic mass is 9.88. The third-order valence-corrected chi connectivity index (χ3v) is 4.72. The van der Waals surface area contributed by atoms with Crippen LogP contribution in [0.15, 0.2) is 48.5 Å². The molecule has 0 radical (unpaired) electrons. The minimum absolute atomic E-state index is 0.129. The van der Waals surface area contributed by atoms with Crippen molar-refractivity contribution in [2.75, 3.05) is 17.7 Å². The Morgan fingerprint density at radius 1 is 0.846 bits per heavy atom. The first kappa shape index (κ1) is 18.0. The average Bonchev–Trinajstić information content (AvgIpc) is 2.70. The van der Waals surface area contributed by atoms with Gasteiger partial charge in [-0.3, -0.25) is 4.79 Å². The van der Waals surface area contributed by atoms with Crippen LogP contribution in [0.4, 0.5) is 17.1 Å². The highest BCUT2D eigenvalue weighted by Gasteiger charge is 2.20. The van der Waals surface area contributed by atoms with Gasteiger partial charge in [-0.2, -0.15) is 0 Å². The predicted octanol–water partition coefficient (Wildman–Crippen LogP) is 4.74. The largest absolute Gasteiger partial charge is 0.465 e. The van der Waals surface area contributed by atoms with E-state index in [1.54, 1.807) is 12.1 Å². The van der Waals surface area contributed by atoms with Gasteiger partial charge in [-0.1, -0.05) is 19.3 Å². The minimum Gasteiger partial charge on any atom is -0.465 e. The minimum atomic E-state index is -0.352. The summed E-state index contributed by atoms with van der Waals surface area (Å²) >= 11 is 0. The standard InChI is InChI=1S/C21H24N2O3/c1-26-21(25)16-7-9-17(10-8-16)22-18-11-13-19(14-12-18)23-20(24)15-5-3-2-4-6-15/h7-15,22H,2-6H2,1H3,(H,23,24). The van der Waals surface area contributed by atoms with E-state index in [9.17, 15) is 9.59 Å². The van der Waals surface area contributed by atoms with Crippen LogP contribution in [0.1, 0.15) is 42.5 Å². The van der Waals surface area contributed by atoms with Gasteiger partial charge < -0.3 is 15.4 Å². The zero-order chi connectivity index (χ0) is 18.4. The number of rotatable bonds is 5. The first-order valence-corrected chi connectivity index (χ1v) is 9.02. The maximum absolute atomic E-state index is 12.3. The number of hydrogen-bond acceptors (Lipinski definition) is 4. The quantitative estimate of drug-likeness (QED) is 0.763. The first-order valence-electron chi connectivity index (χ1n) is 9.02. The molecule has 2 N–H and O–H groups in total. The van der Waals surface area contributed by atoms with E-state index in [1.165, 1.54) is 13.5 Å². The van der Waals surface area contributed by atoms with E-state index in [0.29, 0.717) is 5.56 Å². The second kappa shape index (κ2) is 8.52. The molecule has 1 aliphatic carbocycles. The fourth-order valence-electron chi connectivity index (χ4n) is 3.22. The van der Waals surface area contributed by atoms with Gasteiger partial charge in [0.15, 0.2) is 0 Å². The Balaban J connectivity index is 1.57. The van der Waals surface area contributed by atoms with Gasteiger partial charge in [0.25, 0.3) is 0 Å². The van der Waals surface area contributed by atoms with E-state index in [2.05, 4.69) is 15.4 Å². The molecule has 0 bridgehead atoms. The Morgan fingerprint density at radius 2 is 1.38 bits per heavy atom. The molecule has 0 aliphatic heterocycles. The number of ether oxygens (including phenoxy) is 1. The van der Waals surface area contributed by atoms with Crippen molar-refractivity contribution in [3.8, 4) is 0 Å². The highest BCUT2D eigenvalue weighted by molar-refractivity contribution is 5.93. The number of benzene rings is 2. The molecule has 2 aromatic rings. The second-order valence-electron chi connectivity index (χ2n) is 6.60. The lowest BCUT2D eigenvalue weighted by Crippen LogP contribution is -2.24. The normalized spacial score (nSPS) is 14.5. The van der Waals surface area contributed by atoms with E-state index >= 15 is 0 Å². The van der Waals surface area contributed by atoms with Crippen LogP contribution in [-0.2, 0) is 9.53 Å². The summed E-state index contributed by atoms with van der Waals surface area (Å²) in [6, 6.07) is 14.7. The number of esters is 1. The number of nitrogens with one attached hydrogen (secondary N) is 2. The van der Waals surface area contributed by atoms with Gasteiger partial charge >= 0.3 is 5.97 Å². The summed E-state index contributed by atoms with van der Waals surface area (Å²) in [6.07, 6.45) is 5.52. The Kier molecular flexibility index (Phi) is 5.89. The number of carbonyl (C=O) groups excluding carboxylic acids is 2. The van der Waals surface area contributed by atoms with Crippen molar-refractivity contribution in [2.45, 2.75) is 32.1 Å². The van der Waals surface area contributed by atoms with Crippen molar-refractivity contribution in [3.05, 3.63) is 54.1 Å². The van der Waals surface area contributed by atoms with Crippen LogP contribution < -0.4 is 10.6 Å². The molecule has 0 heterocycles. The molecule has 1 aliphatic rings. The zero-order valence-corrected chi connectivity index (χ0v) is 15.0. The topological polar surface area (TPSA) is 67.4 Å². The summed E-state index contributed by atoms with van der Waals surface area (Å²) in [7, 11) is 1.36. The van der Waals surface area contributed by atoms with E-state index in [4.69, 9.17) is 0 Å². The maximum Gasteiger partial charge on any atom is 0.337 e. The molecule has 0 unspecified atom stereocenters. The molecule has 0 spiro atoms. The fourth-order valence-corrected chi connectivity index (χ4v) is 3.22. The summed E-state index contributed by atoms with van der Waals surface area (Å²) in [6.45, 7) is 0. The van der Waals surface area contributed by atoms with E-state index in [-0.39, 0.29) is 17.8 Å².